The second kappa shape index (κ2) is 8.51. The van der Waals surface area contributed by atoms with Gasteiger partial charge in [-0.3, -0.25) is 0 Å². The summed E-state index contributed by atoms with van der Waals surface area (Å²) in [6.45, 7) is 0.430. The number of amides is 2. The highest BCUT2D eigenvalue weighted by molar-refractivity contribution is 5.74. The third-order valence-corrected chi connectivity index (χ3v) is 4.34. The summed E-state index contributed by atoms with van der Waals surface area (Å²) in [5.41, 5.74) is 0.943. The van der Waals surface area contributed by atoms with Gasteiger partial charge in [0.1, 0.15) is 17.3 Å². The van der Waals surface area contributed by atoms with Crippen LogP contribution in [0.2, 0.25) is 0 Å². The molecule has 3 rings (SSSR count). The van der Waals surface area contributed by atoms with Gasteiger partial charge in [0, 0.05) is 12.6 Å². The molecule has 4 nitrogen and oxygen atoms in total. The summed E-state index contributed by atoms with van der Waals surface area (Å²) in [6.07, 6.45) is 5.77. The molecular weight excluding hydrogens is 319 g/mol. The van der Waals surface area contributed by atoms with Gasteiger partial charge in [-0.25, -0.2) is 9.18 Å². The minimum atomic E-state index is -0.297. The summed E-state index contributed by atoms with van der Waals surface area (Å²) in [5, 5.41) is 5.92. The van der Waals surface area contributed by atoms with Crippen LogP contribution < -0.4 is 15.4 Å². The molecule has 2 aromatic carbocycles. The maximum Gasteiger partial charge on any atom is 0.315 e. The van der Waals surface area contributed by atoms with E-state index in [2.05, 4.69) is 10.6 Å². The summed E-state index contributed by atoms with van der Waals surface area (Å²) in [6, 6.07) is 13.5. The van der Waals surface area contributed by atoms with Crippen LogP contribution in [0.1, 0.15) is 37.7 Å². The van der Waals surface area contributed by atoms with E-state index in [1.54, 1.807) is 12.1 Å². The molecule has 25 heavy (non-hydrogen) atoms. The van der Waals surface area contributed by atoms with Gasteiger partial charge in [0.05, 0.1) is 0 Å². The molecule has 1 aliphatic carbocycles. The van der Waals surface area contributed by atoms with Gasteiger partial charge in [0.15, 0.2) is 0 Å². The predicted molar refractivity (Wildman–Crippen MR) is 95.2 cm³/mol. The van der Waals surface area contributed by atoms with E-state index in [1.807, 2.05) is 24.3 Å². The molecule has 0 radical (unpaired) electrons. The Balaban J connectivity index is 1.50. The Labute approximate surface area is 147 Å². The van der Waals surface area contributed by atoms with Gasteiger partial charge in [-0.05, 0) is 54.8 Å². The molecule has 0 heterocycles. The molecule has 2 amide bonds. The van der Waals surface area contributed by atoms with Gasteiger partial charge in [0.2, 0.25) is 0 Å². The van der Waals surface area contributed by atoms with Crippen LogP contribution in [-0.2, 0) is 6.54 Å². The van der Waals surface area contributed by atoms with Gasteiger partial charge in [-0.1, -0.05) is 31.4 Å². The SMILES string of the molecule is O=C(NCc1cccc(Oc2ccc(F)cc2)c1)NC1CCCCC1. The minimum Gasteiger partial charge on any atom is -0.457 e. The highest BCUT2D eigenvalue weighted by Crippen LogP contribution is 2.22. The summed E-state index contributed by atoms with van der Waals surface area (Å²) >= 11 is 0. The Bertz CT molecular complexity index is 697. The van der Waals surface area contributed by atoms with Gasteiger partial charge in [0.25, 0.3) is 0 Å². The van der Waals surface area contributed by atoms with E-state index in [0.29, 0.717) is 24.1 Å². The molecule has 0 aromatic heterocycles. The highest BCUT2D eigenvalue weighted by atomic mass is 19.1. The van der Waals surface area contributed by atoms with Crippen molar-refractivity contribution in [3.63, 3.8) is 0 Å². The molecule has 1 fully saturated rings. The number of halogens is 1. The standard InChI is InChI=1S/C20H23FN2O2/c21-16-9-11-18(12-10-16)25-19-8-4-5-15(13-19)14-22-20(24)23-17-6-2-1-3-7-17/h4-5,8-13,17H,1-3,6-7,14H2,(H2,22,23,24). The lowest BCUT2D eigenvalue weighted by Gasteiger charge is -2.22. The van der Waals surface area contributed by atoms with E-state index in [4.69, 9.17) is 4.74 Å². The van der Waals surface area contributed by atoms with Gasteiger partial charge < -0.3 is 15.4 Å². The average Bonchev–Trinajstić information content (AvgIpc) is 2.63. The Morgan fingerprint density at radius 3 is 2.56 bits per heavy atom. The van der Waals surface area contributed by atoms with Crippen molar-refractivity contribution >= 4 is 6.03 Å². The van der Waals surface area contributed by atoms with Crippen molar-refractivity contribution in [2.45, 2.75) is 44.7 Å². The highest BCUT2D eigenvalue weighted by Gasteiger charge is 2.15. The molecular formula is C20H23FN2O2. The van der Waals surface area contributed by atoms with Crippen molar-refractivity contribution in [2.75, 3.05) is 0 Å². The lowest BCUT2D eigenvalue weighted by molar-refractivity contribution is 0.232. The van der Waals surface area contributed by atoms with E-state index in [-0.39, 0.29) is 11.8 Å². The number of hydrogen-bond donors (Lipinski definition) is 2. The molecule has 132 valence electrons. The first kappa shape index (κ1) is 17.3. The Hall–Kier alpha value is -2.56. The van der Waals surface area contributed by atoms with Crippen molar-refractivity contribution in [3.8, 4) is 11.5 Å². The Kier molecular flexibility index (Phi) is 5.88. The van der Waals surface area contributed by atoms with Crippen molar-refractivity contribution in [1.29, 1.82) is 0 Å². The first-order valence-corrected chi connectivity index (χ1v) is 8.76. The fourth-order valence-corrected chi connectivity index (χ4v) is 3.02. The molecule has 0 unspecified atom stereocenters. The van der Waals surface area contributed by atoms with Gasteiger partial charge >= 0.3 is 6.03 Å². The molecule has 0 aliphatic heterocycles. The van der Waals surface area contributed by atoms with Crippen LogP contribution in [0, 0.1) is 5.82 Å². The first-order chi connectivity index (χ1) is 12.2. The van der Waals surface area contributed by atoms with Crippen molar-refractivity contribution in [2.24, 2.45) is 0 Å². The topological polar surface area (TPSA) is 50.4 Å². The molecule has 2 aromatic rings. The molecule has 0 bridgehead atoms. The smallest absolute Gasteiger partial charge is 0.315 e. The van der Waals surface area contributed by atoms with Crippen molar-refractivity contribution < 1.29 is 13.9 Å². The molecule has 1 aliphatic rings. The monoisotopic (exact) mass is 342 g/mol. The maximum absolute atomic E-state index is 12.9. The number of hydrogen-bond acceptors (Lipinski definition) is 2. The van der Waals surface area contributed by atoms with E-state index in [1.165, 1.54) is 31.4 Å². The molecule has 0 atom stereocenters. The van der Waals surface area contributed by atoms with Crippen LogP contribution in [-0.4, -0.2) is 12.1 Å². The number of benzene rings is 2. The first-order valence-electron chi connectivity index (χ1n) is 8.76. The molecule has 0 spiro atoms. The van der Waals surface area contributed by atoms with E-state index in [0.717, 1.165) is 18.4 Å². The third-order valence-electron chi connectivity index (χ3n) is 4.34. The number of ether oxygens (including phenoxy) is 1. The lowest BCUT2D eigenvalue weighted by atomic mass is 9.96. The van der Waals surface area contributed by atoms with Crippen LogP contribution in [0.3, 0.4) is 0 Å². The number of nitrogens with one attached hydrogen (secondary N) is 2. The molecule has 1 saturated carbocycles. The minimum absolute atomic E-state index is 0.128. The Morgan fingerprint density at radius 1 is 1.04 bits per heavy atom. The van der Waals surface area contributed by atoms with E-state index in [9.17, 15) is 9.18 Å². The van der Waals surface area contributed by atoms with Crippen LogP contribution in [0.25, 0.3) is 0 Å². The normalized spacial score (nSPS) is 14.8. The second-order valence-corrected chi connectivity index (χ2v) is 6.37. The van der Waals surface area contributed by atoms with Crippen LogP contribution >= 0.6 is 0 Å². The van der Waals surface area contributed by atoms with Gasteiger partial charge in [-0.15, -0.1) is 0 Å². The number of carbonyl (C=O) groups is 1. The second-order valence-electron chi connectivity index (χ2n) is 6.37. The van der Waals surface area contributed by atoms with Crippen LogP contribution in [0.15, 0.2) is 48.5 Å². The summed E-state index contributed by atoms with van der Waals surface area (Å²) in [7, 11) is 0. The zero-order chi connectivity index (χ0) is 17.5. The summed E-state index contributed by atoms with van der Waals surface area (Å²) in [4.78, 5) is 12.0. The fourth-order valence-electron chi connectivity index (χ4n) is 3.02. The van der Waals surface area contributed by atoms with Crippen molar-refractivity contribution in [1.82, 2.24) is 10.6 Å². The zero-order valence-electron chi connectivity index (χ0n) is 14.1. The maximum atomic E-state index is 12.9. The lowest BCUT2D eigenvalue weighted by Crippen LogP contribution is -2.42. The number of carbonyl (C=O) groups excluding carboxylic acids is 1. The largest absolute Gasteiger partial charge is 0.457 e. The summed E-state index contributed by atoms with van der Waals surface area (Å²) < 4.78 is 18.6. The number of urea groups is 1. The molecule has 0 saturated heterocycles. The van der Waals surface area contributed by atoms with E-state index < -0.39 is 0 Å². The fraction of sp³-hybridized carbons (Fsp3) is 0.350. The summed E-state index contributed by atoms with van der Waals surface area (Å²) in [5.74, 6) is 0.925. The predicted octanol–water partition coefficient (Wildman–Crippen LogP) is 4.75. The van der Waals surface area contributed by atoms with Crippen molar-refractivity contribution in [3.05, 3.63) is 59.9 Å². The van der Waals surface area contributed by atoms with Gasteiger partial charge in [-0.2, -0.15) is 0 Å². The number of rotatable bonds is 5. The molecule has 5 heteroatoms. The molecule has 2 N–H and O–H groups in total. The quantitative estimate of drug-likeness (QED) is 0.824. The average molecular weight is 342 g/mol. The Morgan fingerprint density at radius 2 is 1.80 bits per heavy atom. The van der Waals surface area contributed by atoms with Crippen LogP contribution in [0.4, 0.5) is 9.18 Å². The third kappa shape index (κ3) is 5.48. The van der Waals surface area contributed by atoms with Crippen LogP contribution in [0.5, 0.6) is 11.5 Å². The van der Waals surface area contributed by atoms with E-state index >= 15 is 0 Å². The zero-order valence-corrected chi connectivity index (χ0v) is 14.1.